The SMILES string of the molecule is CCN(CC)CCCC(C)NC(=O)c1sc(N)nc1C. The Kier molecular flexibility index (Phi) is 6.95. The van der Waals surface area contributed by atoms with Crippen molar-refractivity contribution in [3.63, 3.8) is 0 Å². The van der Waals surface area contributed by atoms with E-state index < -0.39 is 0 Å². The van der Waals surface area contributed by atoms with Gasteiger partial charge in [-0.3, -0.25) is 4.79 Å². The maximum Gasteiger partial charge on any atom is 0.263 e. The molecule has 0 aliphatic rings. The second kappa shape index (κ2) is 8.21. The van der Waals surface area contributed by atoms with Gasteiger partial charge in [0.25, 0.3) is 5.91 Å². The number of amides is 1. The summed E-state index contributed by atoms with van der Waals surface area (Å²) in [7, 11) is 0. The smallest absolute Gasteiger partial charge is 0.263 e. The Morgan fingerprint density at radius 3 is 2.60 bits per heavy atom. The first-order chi connectivity index (χ1) is 9.47. The summed E-state index contributed by atoms with van der Waals surface area (Å²) in [6, 6.07) is 0.167. The number of carbonyl (C=O) groups excluding carboxylic acids is 1. The molecular weight excluding hydrogens is 272 g/mol. The van der Waals surface area contributed by atoms with Crippen molar-refractivity contribution < 1.29 is 4.79 Å². The molecule has 114 valence electrons. The molecule has 6 heteroatoms. The summed E-state index contributed by atoms with van der Waals surface area (Å²) in [5, 5.41) is 3.46. The van der Waals surface area contributed by atoms with Gasteiger partial charge in [0, 0.05) is 6.04 Å². The number of thiazole rings is 1. The van der Waals surface area contributed by atoms with Crippen molar-refractivity contribution in [2.75, 3.05) is 25.4 Å². The third-order valence-electron chi connectivity index (χ3n) is 3.40. The van der Waals surface area contributed by atoms with Gasteiger partial charge in [0.2, 0.25) is 0 Å². The minimum atomic E-state index is -0.0629. The maximum atomic E-state index is 12.1. The highest BCUT2D eigenvalue weighted by atomic mass is 32.1. The minimum Gasteiger partial charge on any atom is -0.375 e. The monoisotopic (exact) mass is 298 g/mol. The van der Waals surface area contributed by atoms with E-state index in [2.05, 4.69) is 29.0 Å². The van der Waals surface area contributed by atoms with E-state index in [1.54, 1.807) is 0 Å². The zero-order valence-electron chi connectivity index (χ0n) is 12.9. The van der Waals surface area contributed by atoms with Gasteiger partial charge in [0.1, 0.15) is 4.88 Å². The molecule has 0 aliphatic heterocycles. The number of nitrogens with one attached hydrogen (secondary N) is 1. The fraction of sp³-hybridized carbons (Fsp3) is 0.714. The van der Waals surface area contributed by atoms with Crippen molar-refractivity contribution in [1.29, 1.82) is 0 Å². The van der Waals surface area contributed by atoms with Crippen molar-refractivity contribution in [1.82, 2.24) is 15.2 Å². The lowest BCUT2D eigenvalue weighted by Crippen LogP contribution is -2.33. The van der Waals surface area contributed by atoms with E-state index in [-0.39, 0.29) is 11.9 Å². The molecule has 0 saturated carbocycles. The van der Waals surface area contributed by atoms with Gasteiger partial charge in [-0.15, -0.1) is 0 Å². The van der Waals surface area contributed by atoms with Gasteiger partial charge in [-0.05, 0) is 46.3 Å². The highest BCUT2D eigenvalue weighted by Crippen LogP contribution is 2.19. The molecule has 1 heterocycles. The summed E-state index contributed by atoms with van der Waals surface area (Å²) in [6.07, 6.45) is 2.07. The molecule has 1 aromatic heterocycles. The number of nitrogen functional groups attached to an aromatic ring is 1. The van der Waals surface area contributed by atoms with E-state index >= 15 is 0 Å². The lowest BCUT2D eigenvalue weighted by atomic mass is 10.1. The molecule has 0 saturated heterocycles. The molecule has 1 rings (SSSR count). The van der Waals surface area contributed by atoms with Crippen LogP contribution in [0.3, 0.4) is 0 Å². The molecule has 5 nitrogen and oxygen atoms in total. The molecule has 0 aliphatic carbocycles. The van der Waals surface area contributed by atoms with Crippen molar-refractivity contribution >= 4 is 22.4 Å². The maximum absolute atomic E-state index is 12.1. The average molecular weight is 298 g/mol. The van der Waals surface area contributed by atoms with Gasteiger partial charge in [-0.1, -0.05) is 25.2 Å². The van der Waals surface area contributed by atoms with Crippen LogP contribution < -0.4 is 11.1 Å². The van der Waals surface area contributed by atoms with Gasteiger partial charge in [0.05, 0.1) is 5.69 Å². The van der Waals surface area contributed by atoms with Gasteiger partial charge in [-0.2, -0.15) is 0 Å². The van der Waals surface area contributed by atoms with Crippen LogP contribution in [0.1, 0.15) is 49.0 Å². The third-order valence-corrected chi connectivity index (χ3v) is 4.39. The van der Waals surface area contributed by atoms with Gasteiger partial charge in [-0.25, -0.2) is 4.98 Å². The largest absolute Gasteiger partial charge is 0.375 e. The predicted molar refractivity (Wildman–Crippen MR) is 85.2 cm³/mol. The molecule has 1 unspecified atom stereocenters. The first-order valence-electron chi connectivity index (χ1n) is 7.24. The Labute approximate surface area is 125 Å². The fourth-order valence-electron chi connectivity index (χ4n) is 2.15. The van der Waals surface area contributed by atoms with E-state index in [1.807, 2.05) is 13.8 Å². The number of aryl methyl sites for hydroxylation is 1. The zero-order valence-corrected chi connectivity index (χ0v) is 13.7. The van der Waals surface area contributed by atoms with Crippen LogP contribution in [0.2, 0.25) is 0 Å². The number of nitrogens with two attached hydrogens (primary N) is 1. The van der Waals surface area contributed by atoms with Gasteiger partial charge < -0.3 is 16.0 Å². The predicted octanol–water partition coefficient (Wildman–Crippen LogP) is 2.27. The molecule has 1 amide bonds. The molecule has 0 spiro atoms. The number of hydrogen-bond donors (Lipinski definition) is 2. The standard InChI is InChI=1S/C14H26N4OS/c1-5-18(6-2)9-7-8-10(3)16-13(19)12-11(4)17-14(15)20-12/h10H,5-9H2,1-4H3,(H2,15,17)(H,16,19). The number of carbonyl (C=O) groups is 1. The summed E-state index contributed by atoms with van der Waals surface area (Å²) >= 11 is 1.25. The Hall–Kier alpha value is -1.14. The highest BCUT2D eigenvalue weighted by Gasteiger charge is 2.16. The number of hydrogen-bond acceptors (Lipinski definition) is 5. The quantitative estimate of drug-likeness (QED) is 0.772. The van der Waals surface area contributed by atoms with E-state index in [0.29, 0.717) is 15.7 Å². The topological polar surface area (TPSA) is 71.2 Å². The molecule has 0 fully saturated rings. The van der Waals surface area contributed by atoms with E-state index in [4.69, 9.17) is 5.73 Å². The molecule has 1 aromatic rings. The van der Waals surface area contributed by atoms with Crippen LogP contribution in [0.5, 0.6) is 0 Å². The summed E-state index contributed by atoms with van der Waals surface area (Å²) in [6.45, 7) is 11.4. The van der Waals surface area contributed by atoms with Crippen LogP contribution in [0, 0.1) is 6.92 Å². The Balaban J connectivity index is 2.37. The number of rotatable bonds is 8. The molecule has 1 atom stereocenters. The van der Waals surface area contributed by atoms with Crippen LogP contribution in [-0.2, 0) is 0 Å². The second-order valence-corrected chi connectivity index (χ2v) is 6.04. The lowest BCUT2D eigenvalue weighted by Gasteiger charge is -2.19. The van der Waals surface area contributed by atoms with E-state index in [0.717, 1.165) is 32.5 Å². The van der Waals surface area contributed by atoms with Gasteiger partial charge in [0.15, 0.2) is 5.13 Å². The summed E-state index contributed by atoms with van der Waals surface area (Å²) < 4.78 is 0. The van der Waals surface area contributed by atoms with Gasteiger partial charge >= 0.3 is 0 Å². The fourth-order valence-corrected chi connectivity index (χ4v) is 2.89. The van der Waals surface area contributed by atoms with E-state index in [1.165, 1.54) is 11.3 Å². The number of anilines is 1. The molecule has 3 N–H and O–H groups in total. The molecule has 20 heavy (non-hydrogen) atoms. The van der Waals surface area contributed by atoms with Crippen LogP contribution in [-0.4, -0.2) is 41.5 Å². The molecular formula is C14H26N4OS. The lowest BCUT2D eigenvalue weighted by molar-refractivity contribution is 0.0940. The first kappa shape index (κ1) is 16.9. The van der Waals surface area contributed by atoms with Crippen LogP contribution in [0.15, 0.2) is 0 Å². The summed E-state index contributed by atoms with van der Waals surface area (Å²) in [4.78, 5) is 19.2. The Morgan fingerprint density at radius 1 is 1.45 bits per heavy atom. The molecule has 0 aromatic carbocycles. The number of aromatic nitrogens is 1. The van der Waals surface area contributed by atoms with Crippen LogP contribution in [0.4, 0.5) is 5.13 Å². The van der Waals surface area contributed by atoms with Crippen molar-refractivity contribution in [3.05, 3.63) is 10.6 Å². The normalized spacial score (nSPS) is 12.7. The van der Waals surface area contributed by atoms with E-state index in [9.17, 15) is 4.79 Å². The van der Waals surface area contributed by atoms with Crippen molar-refractivity contribution in [2.24, 2.45) is 0 Å². The Morgan fingerprint density at radius 2 is 2.10 bits per heavy atom. The van der Waals surface area contributed by atoms with Crippen LogP contribution in [0.25, 0.3) is 0 Å². The van der Waals surface area contributed by atoms with Crippen molar-refractivity contribution in [3.8, 4) is 0 Å². The summed E-state index contributed by atoms with van der Waals surface area (Å²) in [5.74, 6) is -0.0629. The van der Waals surface area contributed by atoms with Crippen LogP contribution >= 0.6 is 11.3 Å². The minimum absolute atomic E-state index is 0.0629. The molecule has 0 bridgehead atoms. The number of nitrogens with zero attached hydrogens (tertiary/aromatic N) is 2. The first-order valence-corrected chi connectivity index (χ1v) is 8.05. The zero-order chi connectivity index (χ0) is 15.1. The highest BCUT2D eigenvalue weighted by molar-refractivity contribution is 7.17. The second-order valence-electron chi connectivity index (χ2n) is 5.01. The third kappa shape index (κ3) is 5.09. The average Bonchev–Trinajstić information content (AvgIpc) is 2.74. The van der Waals surface area contributed by atoms with Crippen molar-refractivity contribution in [2.45, 2.75) is 46.6 Å². The summed E-state index contributed by atoms with van der Waals surface area (Å²) in [5.41, 5.74) is 6.32. The Bertz CT molecular complexity index is 429. The molecule has 0 radical (unpaired) electrons.